The smallest absolute Gasteiger partial charge is 0.264 e. The van der Waals surface area contributed by atoms with Crippen molar-refractivity contribution in [2.75, 3.05) is 31.1 Å². The molecule has 0 saturated heterocycles. The lowest BCUT2D eigenvalue weighted by Crippen LogP contribution is -2.50. The third-order valence-electron chi connectivity index (χ3n) is 6.21. The van der Waals surface area contributed by atoms with Gasteiger partial charge in [-0.15, -0.1) is 0 Å². The van der Waals surface area contributed by atoms with E-state index in [9.17, 15) is 22.4 Å². The number of likely N-dealkylation sites (N-methyl/N-ethyl adjacent to an activating group) is 1. The predicted octanol–water partition coefficient (Wildman–Crippen LogP) is 3.61. The minimum Gasteiger partial charge on any atom is -0.486 e. The highest BCUT2D eigenvalue weighted by molar-refractivity contribution is 7.92. The summed E-state index contributed by atoms with van der Waals surface area (Å²) in [7, 11) is -2.92. The van der Waals surface area contributed by atoms with Crippen molar-refractivity contribution in [3.63, 3.8) is 0 Å². The van der Waals surface area contributed by atoms with Gasteiger partial charge in [0, 0.05) is 24.7 Å². The molecule has 1 atom stereocenters. The minimum atomic E-state index is -4.36. The van der Waals surface area contributed by atoms with Gasteiger partial charge in [0.15, 0.2) is 11.5 Å². The van der Waals surface area contributed by atoms with Gasteiger partial charge in [-0.05, 0) is 55.0 Å². The van der Waals surface area contributed by atoms with Crippen LogP contribution in [0.25, 0.3) is 0 Å². The van der Waals surface area contributed by atoms with E-state index < -0.39 is 40.2 Å². The number of halogens is 2. The normalized spacial score (nSPS) is 13.3. The van der Waals surface area contributed by atoms with Gasteiger partial charge in [-0.25, -0.2) is 12.8 Å². The molecule has 0 bridgehead atoms. The third kappa shape index (κ3) is 6.26. The van der Waals surface area contributed by atoms with Crippen LogP contribution in [0.4, 0.5) is 10.1 Å². The minimum absolute atomic E-state index is 0.0472. The molecule has 39 heavy (non-hydrogen) atoms. The molecule has 0 saturated carbocycles. The van der Waals surface area contributed by atoms with Crippen LogP contribution >= 0.6 is 11.6 Å². The zero-order valence-corrected chi connectivity index (χ0v) is 22.8. The second-order valence-electron chi connectivity index (χ2n) is 8.70. The van der Waals surface area contributed by atoms with Gasteiger partial charge in [-0.3, -0.25) is 13.9 Å². The fourth-order valence-electron chi connectivity index (χ4n) is 4.05. The predicted molar refractivity (Wildman–Crippen MR) is 144 cm³/mol. The van der Waals surface area contributed by atoms with Crippen LogP contribution in [-0.2, 0) is 26.2 Å². The Labute approximate surface area is 231 Å². The Morgan fingerprint density at radius 3 is 2.36 bits per heavy atom. The number of hydrogen-bond donors (Lipinski definition) is 1. The molecule has 4 rings (SSSR count). The lowest BCUT2D eigenvalue weighted by atomic mass is 10.1. The molecule has 0 aliphatic carbocycles. The monoisotopic (exact) mass is 575 g/mol. The number of sulfonamides is 1. The van der Waals surface area contributed by atoms with E-state index in [1.807, 2.05) is 0 Å². The van der Waals surface area contributed by atoms with E-state index in [4.69, 9.17) is 21.1 Å². The Morgan fingerprint density at radius 2 is 1.69 bits per heavy atom. The van der Waals surface area contributed by atoms with E-state index in [0.29, 0.717) is 22.9 Å². The fourth-order valence-corrected chi connectivity index (χ4v) is 5.67. The zero-order valence-electron chi connectivity index (χ0n) is 21.3. The summed E-state index contributed by atoms with van der Waals surface area (Å²) >= 11 is 6.32. The van der Waals surface area contributed by atoms with Crippen molar-refractivity contribution in [3.05, 3.63) is 83.1 Å². The number of fused-ring (bicyclic) bond motifs is 1. The summed E-state index contributed by atoms with van der Waals surface area (Å²) < 4.78 is 53.4. The Morgan fingerprint density at radius 1 is 1.03 bits per heavy atom. The summed E-state index contributed by atoms with van der Waals surface area (Å²) in [5.74, 6) is -1.04. The Hall–Kier alpha value is -3.83. The lowest BCUT2D eigenvalue weighted by molar-refractivity contribution is -0.139. The van der Waals surface area contributed by atoms with Gasteiger partial charge in [0.05, 0.1) is 10.6 Å². The van der Waals surface area contributed by atoms with Crippen LogP contribution in [0.1, 0.15) is 12.5 Å². The van der Waals surface area contributed by atoms with Gasteiger partial charge in [0.1, 0.15) is 31.6 Å². The number of anilines is 1. The summed E-state index contributed by atoms with van der Waals surface area (Å²) in [5.41, 5.74) is 0.635. The highest BCUT2D eigenvalue weighted by Gasteiger charge is 2.33. The van der Waals surface area contributed by atoms with Crippen molar-refractivity contribution < 1.29 is 31.9 Å². The fraction of sp³-hybridized carbons (Fsp3) is 0.259. The molecule has 3 aromatic carbocycles. The van der Waals surface area contributed by atoms with E-state index in [0.717, 1.165) is 16.4 Å². The molecule has 1 aliphatic heterocycles. The summed E-state index contributed by atoms with van der Waals surface area (Å²) in [5, 5.41) is 2.90. The molecule has 0 spiro atoms. The van der Waals surface area contributed by atoms with Crippen molar-refractivity contribution in [2.45, 2.75) is 24.4 Å². The van der Waals surface area contributed by atoms with Crippen LogP contribution in [0.2, 0.25) is 5.02 Å². The van der Waals surface area contributed by atoms with E-state index in [2.05, 4.69) is 5.32 Å². The molecule has 3 aromatic rings. The maximum absolute atomic E-state index is 13.9. The first-order chi connectivity index (χ1) is 18.6. The van der Waals surface area contributed by atoms with Crippen molar-refractivity contribution in [2.24, 2.45) is 0 Å². The average Bonchev–Trinajstić information content (AvgIpc) is 2.94. The maximum Gasteiger partial charge on any atom is 0.264 e. The summed E-state index contributed by atoms with van der Waals surface area (Å²) in [6.45, 7) is 1.40. The average molecular weight is 576 g/mol. The van der Waals surface area contributed by atoms with Gasteiger partial charge >= 0.3 is 0 Å². The molecule has 1 heterocycles. The molecule has 0 aromatic heterocycles. The van der Waals surface area contributed by atoms with Crippen molar-refractivity contribution >= 4 is 39.1 Å². The first-order valence-electron chi connectivity index (χ1n) is 12.0. The molecular weight excluding hydrogens is 549 g/mol. The largest absolute Gasteiger partial charge is 0.486 e. The molecule has 1 aliphatic rings. The number of amides is 2. The maximum atomic E-state index is 13.9. The number of ether oxygens (including phenoxy) is 2. The topological polar surface area (TPSA) is 105 Å². The molecule has 1 N–H and O–H groups in total. The van der Waals surface area contributed by atoms with Crippen LogP contribution in [0, 0.1) is 5.82 Å². The second-order valence-corrected chi connectivity index (χ2v) is 11.0. The van der Waals surface area contributed by atoms with Crippen molar-refractivity contribution in [1.82, 2.24) is 10.2 Å². The molecule has 0 fully saturated rings. The molecule has 2 amide bonds. The van der Waals surface area contributed by atoms with E-state index >= 15 is 0 Å². The van der Waals surface area contributed by atoms with Crippen molar-refractivity contribution in [1.29, 1.82) is 0 Å². The number of nitrogens with one attached hydrogen (secondary N) is 1. The van der Waals surface area contributed by atoms with Crippen LogP contribution in [0.15, 0.2) is 71.6 Å². The number of nitrogens with zero attached hydrogens (tertiary/aromatic N) is 2. The van der Waals surface area contributed by atoms with Gasteiger partial charge in [0.25, 0.3) is 10.0 Å². The molecule has 9 nitrogen and oxygen atoms in total. The Balaban J connectivity index is 1.73. The summed E-state index contributed by atoms with van der Waals surface area (Å²) in [6.07, 6.45) is 0. The van der Waals surface area contributed by atoms with E-state index in [1.165, 1.54) is 49.2 Å². The molecule has 0 radical (unpaired) electrons. The highest BCUT2D eigenvalue weighted by atomic mass is 35.5. The van der Waals surface area contributed by atoms with Gasteiger partial charge in [-0.2, -0.15) is 0 Å². The molecule has 1 unspecified atom stereocenters. The van der Waals surface area contributed by atoms with Crippen LogP contribution in [0.3, 0.4) is 0 Å². The Bertz CT molecular complexity index is 1470. The number of hydrogen-bond acceptors (Lipinski definition) is 6. The number of rotatable bonds is 9. The third-order valence-corrected chi connectivity index (χ3v) is 8.35. The van der Waals surface area contributed by atoms with Gasteiger partial charge < -0.3 is 19.7 Å². The molecule has 12 heteroatoms. The van der Waals surface area contributed by atoms with Crippen LogP contribution < -0.4 is 19.1 Å². The second kappa shape index (κ2) is 11.9. The number of carbonyl (C=O) groups excluding carboxylic acids is 2. The standard InChI is InChI=1S/C27H27ClFN3O6S/c1-18(27(34)30-2)31(16-19-5-3-4-6-23(19)28)26(33)17-32(21-9-7-20(29)8-10-21)39(35,36)22-11-12-24-25(15-22)38-14-13-37-24/h3-12,15,18H,13-14,16-17H2,1-2H3,(H,30,34). The van der Waals surface area contributed by atoms with Crippen LogP contribution in [-0.4, -0.2) is 58.0 Å². The first kappa shape index (κ1) is 28.2. The summed E-state index contributed by atoms with van der Waals surface area (Å²) in [4.78, 5) is 27.4. The van der Waals surface area contributed by atoms with Crippen LogP contribution in [0.5, 0.6) is 11.5 Å². The number of carbonyl (C=O) groups is 2. The van der Waals surface area contributed by atoms with Gasteiger partial charge in [0.2, 0.25) is 11.8 Å². The summed E-state index contributed by atoms with van der Waals surface area (Å²) in [6, 6.07) is 14.7. The van der Waals surface area contributed by atoms with Crippen molar-refractivity contribution in [3.8, 4) is 11.5 Å². The quantitative estimate of drug-likeness (QED) is 0.418. The highest BCUT2D eigenvalue weighted by Crippen LogP contribution is 2.34. The van der Waals surface area contributed by atoms with E-state index in [-0.39, 0.29) is 29.5 Å². The lowest BCUT2D eigenvalue weighted by Gasteiger charge is -2.32. The Kier molecular flexibility index (Phi) is 8.61. The number of benzene rings is 3. The van der Waals surface area contributed by atoms with Gasteiger partial charge in [-0.1, -0.05) is 29.8 Å². The SMILES string of the molecule is CNC(=O)C(C)N(Cc1ccccc1Cl)C(=O)CN(c1ccc(F)cc1)S(=O)(=O)c1ccc2c(c1)OCCO2. The van der Waals surface area contributed by atoms with E-state index in [1.54, 1.807) is 24.3 Å². The first-order valence-corrected chi connectivity index (χ1v) is 13.9. The zero-order chi connectivity index (χ0) is 28.2. The molecular formula is C27H27ClFN3O6S. The molecule has 206 valence electrons.